The molecule has 1 atom stereocenters. The van der Waals surface area contributed by atoms with E-state index in [4.69, 9.17) is 9.47 Å². The Morgan fingerprint density at radius 1 is 1.54 bits per heavy atom. The average molecular weight is 338 g/mol. The molecular weight excluding hydrogens is 312 g/mol. The number of carbonyl (C=O) groups is 1. The van der Waals surface area contributed by atoms with Gasteiger partial charge in [-0.05, 0) is 20.3 Å². The number of morpholine rings is 1. The molecule has 0 saturated carbocycles. The fraction of sp³-hybridized carbons (Fsp3) is 0.688. The summed E-state index contributed by atoms with van der Waals surface area (Å²) in [6.07, 6.45) is 2.38. The molecule has 0 unspecified atom stereocenters. The molecule has 1 amide bonds. The van der Waals surface area contributed by atoms with Gasteiger partial charge in [0.15, 0.2) is 0 Å². The summed E-state index contributed by atoms with van der Waals surface area (Å²) in [4.78, 5) is 25.8. The second kappa shape index (κ2) is 7.76. The highest BCUT2D eigenvalue weighted by atomic mass is 16.5. The molecule has 1 aromatic heterocycles. The first-order chi connectivity index (χ1) is 11.3. The average Bonchev–Trinajstić information content (AvgIpc) is 2.57. The Morgan fingerprint density at radius 2 is 2.29 bits per heavy atom. The monoisotopic (exact) mass is 338 g/mol. The Morgan fingerprint density at radius 3 is 2.96 bits per heavy atom. The maximum atomic E-state index is 12.0. The normalized spacial score (nSPS) is 18.5. The van der Waals surface area contributed by atoms with E-state index in [1.54, 1.807) is 33.2 Å². The van der Waals surface area contributed by atoms with Crippen molar-refractivity contribution in [3.05, 3.63) is 22.6 Å². The molecule has 0 aromatic carbocycles. The van der Waals surface area contributed by atoms with Crippen LogP contribution in [-0.4, -0.2) is 60.7 Å². The summed E-state index contributed by atoms with van der Waals surface area (Å²) in [6.45, 7) is 5.93. The first-order valence-electron chi connectivity index (χ1n) is 8.07. The second-order valence-electron chi connectivity index (χ2n) is 6.37. The summed E-state index contributed by atoms with van der Waals surface area (Å²) in [6, 6.07) is 1.58. The Balaban J connectivity index is 1.86. The van der Waals surface area contributed by atoms with Crippen LogP contribution in [0.4, 0.5) is 5.69 Å². The van der Waals surface area contributed by atoms with E-state index in [-0.39, 0.29) is 17.6 Å². The molecule has 8 heteroatoms. The standard InChI is InChI=1S/C16H26N4O4/c1-16(2,23-4)15(22)17-6-5-13-11-20(7-8-24-13)12-9-14(21)19(3)18-10-12/h9-10,13H,5-8,11H2,1-4H3,(H,17,22)/t13-/m1/s1. The number of anilines is 1. The highest BCUT2D eigenvalue weighted by Crippen LogP contribution is 2.16. The van der Waals surface area contributed by atoms with Gasteiger partial charge in [-0.3, -0.25) is 9.59 Å². The Kier molecular flexibility index (Phi) is 5.95. The summed E-state index contributed by atoms with van der Waals surface area (Å²) >= 11 is 0. The van der Waals surface area contributed by atoms with Crippen LogP contribution in [0.3, 0.4) is 0 Å². The molecule has 24 heavy (non-hydrogen) atoms. The van der Waals surface area contributed by atoms with Gasteiger partial charge in [-0.15, -0.1) is 0 Å². The fourth-order valence-electron chi connectivity index (χ4n) is 2.41. The van der Waals surface area contributed by atoms with Gasteiger partial charge in [-0.2, -0.15) is 5.10 Å². The van der Waals surface area contributed by atoms with Crippen LogP contribution in [0.2, 0.25) is 0 Å². The lowest BCUT2D eigenvalue weighted by molar-refractivity contribution is -0.139. The summed E-state index contributed by atoms with van der Waals surface area (Å²) in [5.41, 5.74) is -0.171. The minimum absolute atomic E-state index is 0.00577. The van der Waals surface area contributed by atoms with Gasteiger partial charge in [-0.25, -0.2) is 4.68 Å². The molecule has 1 saturated heterocycles. The van der Waals surface area contributed by atoms with Gasteiger partial charge in [0.05, 0.1) is 24.6 Å². The third kappa shape index (κ3) is 4.55. The van der Waals surface area contributed by atoms with Gasteiger partial charge in [0.2, 0.25) is 0 Å². The Hall–Kier alpha value is -1.93. The van der Waals surface area contributed by atoms with E-state index in [1.807, 2.05) is 0 Å². The molecule has 0 aliphatic carbocycles. The zero-order chi connectivity index (χ0) is 17.7. The summed E-state index contributed by atoms with van der Waals surface area (Å²) in [7, 11) is 3.14. The van der Waals surface area contributed by atoms with Crippen LogP contribution in [0.25, 0.3) is 0 Å². The summed E-state index contributed by atoms with van der Waals surface area (Å²) < 4.78 is 12.2. The van der Waals surface area contributed by atoms with E-state index in [2.05, 4.69) is 15.3 Å². The number of ether oxygens (including phenoxy) is 2. The van der Waals surface area contributed by atoms with Gasteiger partial charge in [0, 0.05) is 39.9 Å². The highest BCUT2D eigenvalue weighted by molar-refractivity contribution is 5.84. The molecule has 8 nitrogen and oxygen atoms in total. The SMILES string of the molecule is COC(C)(C)C(=O)NCC[C@@H]1CN(c2cnn(C)c(=O)c2)CCO1. The van der Waals surface area contributed by atoms with Crippen LogP contribution in [0.1, 0.15) is 20.3 Å². The molecule has 0 spiro atoms. The van der Waals surface area contributed by atoms with Crippen LogP contribution < -0.4 is 15.8 Å². The van der Waals surface area contributed by atoms with Crippen molar-refractivity contribution in [2.24, 2.45) is 7.05 Å². The molecule has 1 fully saturated rings. The third-order valence-corrected chi connectivity index (χ3v) is 4.27. The number of hydrogen-bond acceptors (Lipinski definition) is 6. The van der Waals surface area contributed by atoms with Crippen LogP contribution in [0, 0.1) is 0 Å². The molecule has 2 heterocycles. The third-order valence-electron chi connectivity index (χ3n) is 4.27. The van der Waals surface area contributed by atoms with Crippen molar-refractivity contribution in [2.75, 3.05) is 38.3 Å². The number of nitrogens with one attached hydrogen (secondary N) is 1. The van der Waals surface area contributed by atoms with Gasteiger partial charge in [0.25, 0.3) is 11.5 Å². The zero-order valence-electron chi connectivity index (χ0n) is 14.7. The molecule has 2 rings (SSSR count). The van der Waals surface area contributed by atoms with Crippen LogP contribution in [0.5, 0.6) is 0 Å². The Labute approximate surface area is 141 Å². The molecule has 1 aromatic rings. The topological polar surface area (TPSA) is 85.7 Å². The van der Waals surface area contributed by atoms with Crippen LogP contribution in [0.15, 0.2) is 17.1 Å². The number of amides is 1. The first kappa shape index (κ1) is 18.4. The zero-order valence-corrected chi connectivity index (χ0v) is 14.7. The number of nitrogens with zero attached hydrogens (tertiary/aromatic N) is 3. The van der Waals surface area contributed by atoms with Gasteiger partial charge < -0.3 is 19.7 Å². The van der Waals surface area contributed by atoms with Crippen molar-refractivity contribution >= 4 is 11.6 Å². The van der Waals surface area contributed by atoms with E-state index < -0.39 is 5.60 Å². The molecule has 1 aliphatic rings. The minimum Gasteiger partial charge on any atom is -0.374 e. The molecule has 0 radical (unpaired) electrons. The van der Waals surface area contributed by atoms with Crippen molar-refractivity contribution in [3.8, 4) is 0 Å². The lowest BCUT2D eigenvalue weighted by Crippen LogP contribution is -2.47. The first-order valence-corrected chi connectivity index (χ1v) is 8.07. The molecule has 0 bridgehead atoms. The van der Waals surface area contributed by atoms with Crippen LogP contribution in [-0.2, 0) is 21.3 Å². The molecule has 134 valence electrons. The number of aromatic nitrogens is 2. The Bertz CT molecular complexity index is 629. The lowest BCUT2D eigenvalue weighted by Gasteiger charge is -2.34. The van der Waals surface area contributed by atoms with Gasteiger partial charge in [0.1, 0.15) is 5.60 Å². The van der Waals surface area contributed by atoms with E-state index in [0.29, 0.717) is 32.7 Å². The maximum Gasteiger partial charge on any atom is 0.268 e. The number of rotatable bonds is 6. The van der Waals surface area contributed by atoms with Gasteiger partial charge >= 0.3 is 0 Å². The quantitative estimate of drug-likeness (QED) is 0.781. The summed E-state index contributed by atoms with van der Waals surface area (Å²) in [5.74, 6) is -0.145. The van der Waals surface area contributed by atoms with Crippen LogP contribution >= 0.6 is 0 Å². The second-order valence-corrected chi connectivity index (χ2v) is 6.37. The lowest BCUT2D eigenvalue weighted by atomic mass is 10.1. The number of methoxy groups -OCH3 is 1. The molecule has 1 aliphatic heterocycles. The van der Waals surface area contributed by atoms with E-state index in [9.17, 15) is 9.59 Å². The van der Waals surface area contributed by atoms with Crippen molar-refractivity contribution in [1.82, 2.24) is 15.1 Å². The minimum atomic E-state index is -0.838. The van der Waals surface area contributed by atoms with Crippen molar-refractivity contribution in [3.63, 3.8) is 0 Å². The van der Waals surface area contributed by atoms with E-state index >= 15 is 0 Å². The predicted octanol–water partition coefficient (Wildman–Crippen LogP) is -0.0832. The van der Waals surface area contributed by atoms with E-state index in [0.717, 1.165) is 5.69 Å². The van der Waals surface area contributed by atoms with Crippen molar-refractivity contribution < 1.29 is 14.3 Å². The molecule has 1 N–H and O–H groups in total. The smallest absolute Gasteiger partial charge is 0.268 e. The molecular formula is C16H26N4O4. The number of aryl methyl sites for hydroxylation is 1. The van der Waals surface area contributed by atoms with E-state index in [1.165, 1.54) is 11.8 Å². The fourth-order valence-corrected chi connectivity index (χ4v) is 2.41. The number of carbonyl (C=O) groups excluding carboxylic acids is 1. The highest BCUT2D eigenvalue weighted by Gasteiger charge is 2.27. The van der Waals surface area contributed by atoms with Crippen molar-refractivity contribution in [1.29, 1.82) is 0 Å². The largest absolute Gasteiger partial charge is 0.374 e. The maximum absolute atomic E-state index is 12.0. The van der Waals surface area contributed by atoms with Gasteiger partial charge in [-0.1, -0.05) is 0 Å². The summed E-state index contributed by atoms with van der Waals surface area (Å²) in [5, 5.41) is 6.92. The van der Waals surface area contributed by atoms with Crippen molar-refractivity contribution in [2.45, 2.75) is 32.0 Å². The number of hydrogen-bond donors (Lipinski definition) is 1. The predicted molar refractivity (Wildman–Crippen MR) is 90.1 cm³/mol.